The molecule has 0 radical (unpaired) electrons. The average molecular weight is 321 g/mol. The van der Waals surface area contributed by atoms with Gasteiger partial charge in [0, 0.05) is 7.05 Å². The minimum atomic E-state index is -0.810. The van der Waals surface area contributed by atoms with E-state index in [9.17, 15) is 18.7 Å². The molecule has 0 aromatic heterocycles. The summed E-state index contributed by atoms with van der Waals surface area (Å²) in [5.41, 5.74) is 0.278. The fourth-order valence-electron chi connectivity index (χ4n) is 2.27. The van der Waals surface area contributed by atoms with E-state index in [0.717, 1.165) is 18.2 Å². The van der Waals surface area contributed by atoms with Gasteiger partial charge in [0.05, 0.1) is 25.3 Å². The molecule has 0 heterocycles. The van der Waals surface area contributed by atoms with Gasteiger partial charge in [0.2, 0.25) is 0 Å². The van der Waals surface area contributed by atoms with E-state index in [-0.39, 0.29) is 12.2 Å². The van der Waals surface area contributed by atoms with E-state index in [1.807, 2.05) is 0 Å². The summed E-state index contributed by atoms with van der Waals surface area (Å²) in [4.78, 5) is 13.6. The van der Waals surface area contributed by atoms with Crippen molar-refractivity contribution < 1.29 is 23.4 Å². The molecule has 0 aliphatic rings. The number of likely N-dealkylation sites (N-methyl/N-ethyl adjacent to an activating group) is 1. The number of carbonyl (C=O) groups is 1. The van der Waals surface area contributed by atoms with Gasteiger partial charge in [0.15, 0.2) is 0 Å². The Bertz CT molecular complexity index is 689. The number of benzene rings is 2. The second-order valence-corrected chi connectivity index (χ2v) is 5.01. The van der Waals surface area contributed by atoms with Gasteiger partial charge < -0.3 is 14.7 Å². The van der Waals surface area contributed by atoms with E-state index < -0.39 is 23.6 Å². The highest BCUT2D eigenvalue weighted by Gasteiger charge is 2.24. The van der Waals surface area contributed by atoms with E-state index in [1.54, 1.807) is 24.3 Å². The number of halogens is 2. The number of aliphatic hydroxyl groups is 1. The Kier molecular flexibility index (Phi) is 5.28. The van der Waals surface area contributed by atoms with E-state index in [0.29, 0.717) is 11.3 Å². The molecule has 0 aliphatic carbocycles. The molecule has 2 aromatic rings. The lowest BCUT2D eigenvalue weighted by atomic mass is 10.0. The second-order valence-electron chi connectivity index (χ2n) is 5.01. The maximum absolute atomic E-state index is 13.8. The van der Waals surface area contributed by atoms with E-state index in [1.165, 1.54) is 19.1 Å². The Morgan fingerprint density at radius 2 is 1.87 bits per heavy atom. The first kappa shape index (κ1) is 16.9. The molecule has 1 N–H and O–H groups in total. The Hall–Kier alpha value is -2.47. The van der Waals surface area contributed by atoms with Gasteiger partial charge in [-0.3, -0.25) is 4.79 Å². The molecule has 0 saturated carbocycles. The minimum Gasteiger partial charge on any atom is -0.497 e. The maximum atomic E-state index is 13.8. The number of hydrogen-bond donors (Lipinski definition) is 1. The van der Waals surface area contributed by atoms with Crippen molar-refractivity contribution in [3.05, 3.63) is 65.2 Å². The lowest BCUT2D eigenvalue weighted by Crippen LogP contribution is -2.33. The van der Waals surface area contributed by atoms with Crippen molar-refractivity contribution in [3.8, 4) is 5.75 Å². The van der Waals surface area contributed by atoms with Crippen molar-refractivity contribution in [2.24, 2.45) is 0 Å². The first-order chi connectivity index (χ1) is 11.0. The number of hydrogen-bond acceptors (Lipinski definition) is 3. The molecule has 0 fully saturated rings. The van der Waals surface area contributed by atoms with Crippen LogP contribution < -0.4 is 4.74 Å². The number of aliphatic hydroxyl groups excluding tert-OH is 1. The number of rotatable bonds is 5. The summed E-state index contributed by atoms with van der Waals surface area (Å²) in [5.74, 6) is -1.59. The molecule has 0 aliphatic heterocycles. The van der Waals surface area contributed by atoms with Gasteiger partial charge >= 0.3 is 0 Å². The molecule has 4 nitrogen and oxygen atoms in total. The first-order valence-corrected chi connectivity index (χ1v) is 6.95. The molecule has 1 amide bonds. The third-order valence-electron chi connectivity index (χ3n) is 3.62. The largest absolute Gasteiger partial charge is 0.497 e. The molecule has 0 spiro atoms. The molecule has 122 valence electrons. The first-order valence-electron chi connectivity index (χ1n) is 6.95. The Morgan fingerprint density at radius 1 is 1.22 bits per heavy atom. The second kappa shape index (κ2) is 7.19. The third kappa shape index (κ3) is 3.65. The van der Waals surface area contributed by atoms with Crippen LogP contribution in [0, 0.1) is 11.6 Å². The predicted octanol–water partition coefficient (Wildman–Crippen LogP) is 2.78. The van der Waals surface area contributed by atoms with E-state index in [4.69, 9.17) is 4.74 Å². The maximum Gasteiger partial charge on any atom is 0.257 e. The van der Waals surface area contributed by atoms with Crippen LogP contribution in [0.15, 0.2) is 42.5 Å². The van der Waals surface area contributed by atoms with Crippen LogP contribution in [0.25, 0.3) is 0 Å². The smallest absolute Gasteiger partial charge is 0.257 e. The lowest BCUT2D eigenvalue weighted by Gasteiger charge is -2.27. The number of carbonyl (C=O) groups excluding carboxylic acids is 1. The molecular formula is C17H17F2NO3. The number of amides is 1. The standard InChI is InChI=1S/C17H17F2NO3/c1-20(17(22)14-9-12(18)5-8-15(14)19)16(10-21)11-3-6-13(23-2)7-4-11/h3-9,16,21H,10H2,1-2H3. The zero-order valence-corrected chi connectivity index (χ0v) is 12.8. The summed E-state index contributed by atoms with van der Waals surface area (Å²) in [6.45, 7) is -0.356. The average Bonchev–Trinajstić information content (AvgIpc) is 2.57. The van der Waals surface area contributed by atoms with Crippen molar-refractivity contribution in [1.29, 1.82) is 0 Å². The normalized spacial score (nSPS) is 11.9. The molecule has 2 aromatic carbocycles. The van der Waals surface area contributed by atoms with Crippen LogP contribution in [0.5, 0.6) is 5.75 Å². The quantitative estimate of drug-likeness (QED) is 0.921. The number of ether oxygens (including phenoxy) is 1. The highest BCUT2D eigenvalue weighted by Crippen LogP contribution is 2.24. The molecule has 2 rings (SSSR count). The van der Waals surface area contributed by atoms with Crippen molar-refractivity contribution >= 4 is 5.91 Å². The number of methoxy groups -OCH3 is 1. The summed E-state index contributed by atoms with van der Waals surface area (Å²) in [5, 5.41) is 9.60. The van der Waals surface area contributed by atoms with Crippen molar-refractivity contribution in [3.63, 3.8) is 0 Å². The van der Waals surface area contributed by atoms with Gasteiger partial charge in [0.1, 0.15) is 17.4 Å². The van der Waals surface area contributed by atoms with Crippen LogP contribution in [-0.4, -0.2) is 36.7 Å². The number of nitrogens with zero attached hydrogens (tertiary/aromatic N) is 1. The SMILES string of the molecule is COc1ccc(C(CO)N(C)C(=O)c2cc(F)ccc2F)cc1. The van der Waals surface area contributed by atoms with Crippen LogP contribution in [0.2, 0.25) is 0 Å². The predicted molar refractivity (Wildman–Crippen MR) is 81.3 cm³/mol. The zero-order valence-electron chi connectivity index (χ0n) is 12.8. The van der Waals surface area contributed by atoms with E-state index >= 15 is 0 Å². The van der Waals surface area contributed by atoms with Crippen LogP contribution in [0.4, 0.5) is 8.78 Å². The van der Waals surface area contributed by atoms with Crippen molar-refractivity contribution in [2.75, 3.05) is 20.8 Å². The zero-order chi connectivity index (χ0) is 17.0. The summed E-state index contributed by atoms with van der Waals surface area (Å²) in [7, 11) is 2.96. The van der Waals surface area contributed by atoms with Crippen LogP contribution >= 0.6 is 0 Å². The molecule has 1 atom stereocenters. The molecule has 1 unspecified atom stereocenters. The van der Waals surface area contributed by atoms with Crippen LogP contribution in [-0.2, 0) is 0 Å². The Morgan fingerprint density at radius 3 is 2.43 bits per heavy atom. The molecule has 6 heteroatoms. The highest BCUT2D eigenvalue weighted by atomic mass is 19.1. The summed E-state index contributed by atoms with van der Waals surface area (Å²) in [6.07, 6.45) is 0. The summed E-state index contributed by atoms with van der Waals surface area (Å²) < 4.78 is 32.1. The van der Waals surface area contributed by atoms with E-state index in [2.05, 4.69) is 0 Å². The Balaban J connectivity index is 2.29. The molecule has 0 saturated heterocycles. The summed E-state index contributed by atoms with van der Waals surface area (Å²) in [6, 6.07) is 8.79. The Labute approximate surface area is 132 Å². The minimum absolute atomic E-state index is 0.356. The third-order valence-corrected chi connectivity index (χ3v) is 3.62. The van der Waals surface area contributed by atoms with Gasteiger partial charge in [-0.2, -0.15) is 0 Å². The fourth-order valence-corrected chi connectivity index (χ4v) is 2.27. The van der Waals surface area contributed by atoms with Gasteiger partial charge in [-0.1, -0.05) is 12.1 Å². The monoisotopic (exact) mass is 321 g/mol. The lowest BCUT2D eigenvalue weighted by molar-refractivity contribution is 0.0653. The van der Waals surface area contributed by atoms with Gasteiger partial charge in [-0.15, -0.1) is 0 Å². The fraction of sp³-hybridized carbons (Fsp3) is 0.235. The van der Waals surface area contributed by atoms with Gasteiger partial charge in [-0.25, -0.2) is 8.78 Å². The van der Waals surface area contributed by atoms with Crippen molar-refractivity contribution in [2.45, 2.75) is 6.04 Å². The molecule has 23 heavy (non-hydrogen) atoms. The summed E-state index contributed by atoms with van der Waals surface area (Å²) >= 11 is 0. The molecule has 0 bridgehead atoms. The van der Waals surface area contributed by atoms with Crippen molar-refractivity contribution in [1.82, 2.24) is 4.90 Å². The van der Waals surface area contributed by atoms with Crippen LogP contribution in [0.3, 0.4) is 0 Å². The highest BCUT2D eigenvalue weighted by molar-refractivity contribution is 5.94. The van der Waals surface area contributed by atoms with Gasteiger partial charge in [0.25, 0.3) is 5.91 Å². The topological polar surface area (TPSA) is 49.8 Å². The molecular weight excluding hydrogens is 304 g/mol. The van der Waals surface area contributed by atoms with Gasteiger partial charge in [-0.05, 0) is 35.9 Å². The van der Waals surface area contributed by atoms with Crippen LogP contribution in [0.1, 0.15) is 22.0 Å².